The van der Waals surface area contributed by atoms with Crippen molar-refractivity contribution in [3.63, 3.8) is 0 Å². The van der Waals surface area contributed by atoms with Crippen LogP contribution in [0.4, 0.5) is 13.2 Å². The highest BCUT2D eigenvalue weighted by atomic mass is 19.4. The van der Waals surface area contributed by atoms with Crippen molar-refractivity contribution in [2.75, 3.05) is 27.2 Å². The molecule has 0 saturated carbocycles. The molecule has 6 heteroatoms. The van der Waals surface area contributed by atoms with E-state index in [2.05, 4.69) is 0 Å². The van der Waals surface area contributed by atoms with Crippen molar-refractivity contribution in [1.29, 1.82) is 0 Å². The molecule has 1 aromatic carbocycles. The average Bonchev–Trinajstić information content (AvgIpc) is 2.36. The van der Waals surface area contributed by atoms with Crippen molar-refractivity contribution in [3.8, 4) is 0 Å². The van der Waals surface area contributed by atoms with Crippen LogP contribution in [-0.2, 0) is 10.9 Å². The molecule has 0 heterocycles. The molecule has 21 heavy (non-hydrogen) atoms. The second-order valence-corrected chi connectivity index (χ2v) is 5.17. The van der Waals surface area contributed by atoms with Crippen molar-refractivity contribution in [2.24, 2.45) is 0 Å². The zero-order valence-corrected chi connectivity index (χ0v) is 12.5. The Labute approximate surface area is 122 Å². The third kappa shape index (κ3) is 5.75. The quantitative estimate of drug-likeness (QED) is 0.595. The second-order valence-electron chi connectivity index (χ2n) is 5.17. The molecule has 0 unspecified atom stereocenters. The summed E-state index contributed by atoms with van der Waals surface area (Å²) < 4.78 is 43.3. The largest absolute Gasteiger partial charge is 0.462 e. The number of hydrogen-bond donors (Lipinski definition) is 0. The number of carbonyl (C=O) groups excluding carboxylic acids is 1. The van der Waals surface area contributed by atoms with Gasteiger partial charge in [-0.25, -0.2) is 4.79 Å². The Balaban J connectivity index is 2.59. The Morgan fingerprint density at radius 3 is 2.48 bits per heavy atom. The number of halogens is 3. The second kappa shape index (κ2) is 7.45. The lowest BCUT2D eigenvalue weighted by Gasteiger charge is -2.12. The molecule has 0 aliphatic carbocycles. The summed E-state index contributed by atoms with van der Waals surface area (Å²) in [6, 6.07) is 3.48. The monoisotopic (exact) mass is 303 g/mol. The molecule has 0 amide bonds. The summed E-state index contributed by atoms with van der Waals surface area (Å²) in [6.45, 7) is 2.45. The number of carbonyl (C=O) groups is 1. The Hall–Kier alpha value is -1.56. The van der Waals surface area contributed by atoms with Gasteiger partial charge < -0.3 is 9.64 Å². The minimum atomic E-state index is -4.47. The number of esters is 1. The van der Waals surface area contributed by atoms with Gasteiger partial charge in [0.1, 0.15) is 0 Å². The van der Waals surface area contributed by atoms with Crippen LogP contribution in [0.5, 0.6) is 0 Å². The molecule has 1 aromatic rings. The van der Waals surface area contributed by atoms with Gasteiger partial charge in [0.15, 0.2) is 0 Å². The molecule has 0 aromatic heterocycles. The van der Waals surface area contributed by atoms with Crippen LogP contribution in [0.1, 0.15) is 34.3 Å². The summed E-state index contributed by atoms with van der Waals surface area (Å²) in [4.78, 5) is 13.7. The number of benzene rings is 1. The van der Waals surface area contributed by atoms with Crippen molar-refractivity contribution in [1.82, 2.24) is 4.90 Å². The zero-order chi connectivity index (χ0) is 16.0. The predicted octanol–water partition coefficient (Wildman–Crippen LogP) is 3.51. The van der Waals surface area contributed by atoms with Crippen LogP contribution < -0.4 is 0 Å². The van der Waals surface area contributed by atoms with Crippen LogP contribution in [0, 0.1) is 6.92 Å². The third-order valence-corrected chi connectivity index (χ3v) is 3.01. The van der Waals surface area contributed by atoms with E-state index in [0.717, 1.165) is 19.0 Å². The van der Waals surface area contributed by atoms with E-state index in [9.17, 15) is 18.0 Å². The Morgan fingerprint density at radius 1 is 1.24 bits per heavy atom. The first-order chi connectivity index (χ1) is 9.71. The molecule has 0 saturated heterocycles. The van der Waals surface area contributed by atoms with Crippen molar-refractivity contribution >= 4 is 5.97 Å². The molecule has 0 spiro atoms. The van der Waals surface area contributed by atoms with E-state index in [4.69, 9.17) is 4.74 Å². The number of alkyl halides is 3. The lowest BCUT2D eigenvalue weighted by atomic mass is 10.0. The van der Waals surface area contributed by atoms with E-state index < -0.39 is 17.7 Å². The van der Waals surface area contributed by atoms with E-state index in [1.165, 1.54) is 19.1 Å². The average molecular weight is 303 g/mol. The van der Waals surface area contributed by atoms with Crippen LogP contribution in [0.25, 0.3) is 0 Å². The number of unbranched alkanes of at least 4 members (excludes halogenated alkanes) is 1. The smallest absolute Gasteiger partial charge is 0.416 e. The molecule has 118 valence electrons. The van der Waals surface area contributed by atoms with Gasteiger partial charge in [-0.2, -0.15) is 13.2 Å². The van der Waals surface area contributed by atoms with E-state index in [1.54, 1.807) is 0 Å². The highest BCUT2D eigenvalue weighted by molar-refractivity contribution is 5.89. The van der Waals surface area contributed by atoms with Gasteiger partial charge in [0.05, 0.1) is 17.7 Å². The maximum Gasteiger partial charge on any atom is 0.416 e. The molecule has 0 bridgehead atoms. The number of nitrogens with zero attached hydrogens (tertiary/aromatic N) is 1. The molecule has 0 atom stereocenters. The van der Waals surface area contributed by atoms with Gasteiger partial charge in [0, 0.05) is 0 Å². The van der Waals surface area contributed by atoms with Gasteiger partial charge in [-0.1, -0.05) is 6.07 Å². The first-order valence-corrected chi connectivity index (χ1v) is 6.71. The number of aryl methyl sites for hydroxylation is 1. The predicted molar refractivity (Wildman–Crippen MR) is 74.3 cm³/mol. The van der Waals surface area contributed by atoms with E-state index in [0.29, 0.717) is 6.42 Å². The van der Waals surface area contributed by atoms with E-state index in [-0.39, 0.29) is 17.7 Å². The molecule has 0 N–H and O–H groups in total. The summed E-state index contributed by atoms with van der Waals surface area (Å²) >= 11 is 0. The molecule has 0 fully saturated rings. The van der Waals surface area contributed by atoms with Gasteiger partial charge in [-0.15, -0.1) is 0 Å². The van der Waals surface area contributed by atoms with Gasteiger partial charge in [0.2, 0.25) is 0 Å². The standard InChI is InChI=1S/C15H20F3NO2/c1-11-6-7-12(10-13(11)15(16,17)18)14(20)21-9-5-4-8-19(2)3/h6-7,10H,4-5,8-9H2,1-3H3. The molecule has 3 nitrogen and oxygen atoms in total. The minimum absolute atomic E-state index is 0.0689. The fourth-order valence-corrected chi connectivity index (χ4v) is 1.83. The topological polar surface area (TPSA) is 29.5 Å². The lowest BCUT2D eigenvalue weighted by molar-refractivity contribution is -0.138. The molecular formula is C15H20F3NO2. The molecular weight excluding hydrogens is 283 g/mol. The summed E-state index contributed by atoms with van der Waals surface area (Å²) in [5, 5.41) is 0. The molecule has 0 aliphatic heterocycles. The highest BCUT2D eigenvalue weighted by Crippen LogP contribution is 2.32. The van der Waals surface area contributed by atoms with Gasteiger partial charge >= 0.3 is 12.1 Å². The lowest BCUT2D eigenvalue weighted by Crippen LogP contribution is -2.14. The fourth-order valence-electron chi connectivity index (χ4n) is 1.83. The van der Waals surface area contributed by atoms with Gasteiger partial charge in [-0.05, 0) is 58.1 Å². The summed E-state index contributed by atoms with van der Waals surface area (Å²) in [5.74, 6) is -0.717. The first-order valence-electron chi connectivity index (χ1n) is 6.71. The van der Waals surface area contributed by atoms with Crippen LogP contribution in [0.2, 0.25) is 0 Å². The first kappa shape index (κ1) is 17.5. The Bertz CT molecular complexity index is 484. The summed E-state index contributed by atoms with van der Waals surface area (Å²) in [5.41, 5.74) is -0.782. The Kier molecular flexibility index (Phi) is 6.20. The van der Waals surface area contributed by atoms with E-state index >= 15 is 0 Å². The third-order valence-electron chi connectivity index (χ3n) is 3.01. The number of ether oxygens (including phenoxy) is 1. The van der Waals surface area contributed by atoms with Crippen LogP contribution in [0.3, 0.4) is 0 Å². The number of hydrogen-bond acceptors (Lipinski definition) is 3. The van der Waals surface area contributed by atoms with Crippen molar-refractivity contribution in [2.45, 2.75) is 25.9 Å². The molecule has 0 radical (unpaired) electrons. The van der Waals surface area contributed by atoms with Gasteiger partial charge in [0.25, 0.3) is 0 Å². The maximum absolute atomic E-state index is 12.8. The number of rotatable bonds is 6. The maximum atomic E-state index is 12.8. The molecule has 1 rings (SSSR count). The normalized spacial score (nSPS) is 11.8. The molecule has 0 aliphatic rings. The van der Waals surface area contributed by atoms with Crippen molar-refractivity contribution < 1.29 is 22.7 Å². The van der Waals surface area contributed by atoms with E-state index in [1.807, 2.05) is 19.0 Å². The van der Waals surface area contributed by atoms with Crippen LogP contribution >= 0.6 is 0 Å². The SMILES string of the molecule is Cc1ccc(C(=O)OCCCCN(C)C)cc1C(F)(F)F. The zero-order valence-electron chi connectivity index (χ0n) is 12.5. The van der Waals surface area contributed by atoms with Crippen LogP contribution in [-0.4, -0.2) is 38.1 Å². The highest BCUT2D eigenvalue weighted by Gasteiger charge is 2.33. The Morgan fingerprint density at radius 2 is 1.90 bits per heavy atom. The van der Waals surface area contributed by atoms with Crippen molar-refractivity contribution in [3.05, 3.63) is 34.9 Å². The van der Waals surface area contributed by atoms with Crippen LogP contribution in [0.15, 0.2) is 18.2 Å². The summed E-state index contributed by atoms with van der Waals surface area (Å²) in [7, 11) is 3.88. The minimum Gasteiger partial charge on any atom is -0.462 e. The fraction of sp³-hybridized carbons (Fsp3) is 0.533. The van der Waals surface area contributed by atoms with Gasteiger partial charge in [-0.3, -0.25) is 0 Å². The summed E-state index contributed by atoms with van der Waals surface area (Å²) in [6.07, 6.45) is -2.92.